The molecule has 0 aromatic heterocycles. The number of nitrogens with one attached hydrogen (secondary N) is 1. The predicted molar refractivity (Wildman–Crippen MR) is 75.7 cm³/mol. The molecular weight excluding hydrogens is 259 g/mol. The largest absolute Gasteiger partial charge is 0.497 e. The van der Waals surface area contributed by atoms with Gasteiger partial charge in [-0.2, -0.15) is 0 Å². The number of nitrogens with two attached hydrogens (primary N) is 1. The Kier molecular flexibility index (Phi) is 7.55. The van der Waals surface area contributed by atoms with Gasteiger partial charge in [0.1, 0.15) is 5.75 Å². The Hall–Kier alpha value is -0.480. The molecular formula is C12H20Cl2N2O. The highest BCUT2D eigenvalue weighted by atomic mass is 35.5. The van der Waals surface area contributed by atoms with Crippen LogP contribution in [0.3, 0.4) is 0 Å². The van der Waals surface area contributed by atoms with E-state index in [-0.39, 0.29) is 30.9 Å². The molecule has 1 fully saturated rings. The lowest BCUT2D eigenvalue weighted by Gasteiger charge is -2.29. The van der Waals surface area contributed by atoms with Crippen molar-refractivity contribution in [1.82, 2.24) is 5.32 Å². The van der Waals surface area contributed by atoms with Gasteiger partial charge in [0.05, 0.1) is 7.11 Å². The number of hydrogen-bond donors (Lipinski definition) is 2. The van der Waals surface area contributed by atoms with Gasteiger partial charge >= 0.3 is 0 Å². The van der Waals surface area contributed by atoms with Gasteiger partial charge in [-0.05, 0) is 30.7 Å². The average Bonchev–Trinajstić information content (AvgIpc) is 2.30. The quantitative estimate of drug-likeness (QED) is 0.869. The Bertz CT molecular complexity index is 319. The van der Waals surface area contributed by atoms with E-state index in [1.54, 1.807) is 7.11 Å². The number of hydrogen-bond acceptors (Lipinski definition) is 3. The number of piperidine rings is 1. The van der Waals surface area contributed by atoms with Crippen LogP contribution in [0.25, 0.3) is 0 Å². The van der Waals surface area contributed by atoms with E-state index in [0.29, 0.717) is 5.92 Å². The molecule has 1 aromatic rings. The number of benzene rings is 1. The Morgan fingerprint density at radius 3 is 2.41 bits per heavy atom. The highest BCUT2D eigenvalue weighted by Crippen LogP contribution is 2.25. The molecule has 1 saturated heterocycles. The van der Waals surface area contributed by atoms with Crippen LogP contribution in [0, 0.1) is 0 Å². The standard InChI is InChI=1S/C12H18N2O.2ClH/c1-15-10-4-2-9(3-5-10)11-6-7-14-8-12(11)13;;/h2-5,11-12,14H,6-8,13H2,1H3;2*1H. The molecule has 1 aromatic carbocycles. The maximum Gasteiger partial charge on any atom is 0.118 e. The van der Waals surface area contributed by atoms with Crippen LogP contribution >= 0.6 is 24.8 Å². The second kappa shape index (κ2) is 7.77. The lowest BCUT2D eigenvalue weighted by atomic mass is 9.87. The minimum atomic E-state index is 0. The van der Waals surface area contributed by atoms with Gasteiger partial charge in [0.15, 0.2) is 0 Å². The number of rotatable bonds is 2. The number of methoxy groups -OCH3 is 1. The summed E-state index contributed by atoms with van der Waals surface area (Å²) in [6, 6.07) is 8.48. The second-order valence-electron chi connectivity index (χ2n) is 4.04. The topological polar surface area (TPSA) is 47.3 Å². The lowest BCUT2D eigenvalue weighted by molar-refractivity contribution is 0.400. The molecule has 0 spiro atoms. The molecule has 0 aliphatic carbocycles. The molecule has 17 heavy (non-hydrogen) atoms. The van der Waals surface area contributed by atoms with Gasteiger partial charge in [-0.1, -0.05) is 12.1 Å². The van der Waals surface area contributed by atoms with E-state index in [9.17, 15) is 0 Å². The molecule has 2 atom stereocenters. The molecule has 2 unspecified atom stereocenters. The molecule has 0 amide bonds. The van der Waals surface area contributed by atoms with Crippen molar-refractivity contribution in [2.24, 2.45) is 5.73 Å². The Morgan fingerprint density at radius 1 is 1.24 bits per heavy atom. The summed E-state index contributed by atoms with van der Waals surface area (Å²) in [6.07, 6.45) is 1.12. The Morgan fingerprint density at radius 2 is 1.88 bits per heavy atom. The fourth-order valence-corrected chi connectivity index (χ4v) is 2.15. The van der Waals surface area contributed by atoms with E-state index in [2.05, 4.69) is 17.4 Å². The summed E-state index contributed by atoms with van der Waals surface area (Å²) in [4.78, 5) is 0. The molecule has 5 heteroatoms. The SMILES string of the molecule is COc1ccc(C2CCNCC2N)cc1.Cl.Cl. The van der Waals surface area contributed by atoms with Crippen molar-refractivity contribution < 1.29 is 4.74 Å². The minimum Gasteiger partial charge on any atom is -0.497 e. The van der Waals surface area contributed by atoms with Crippen LogP contribution in [-0.4, -0.2) is 26.2 Å². The van der Waals surface area contributed by atoms with Gasteiger partial charge in [0.25, 0.3) is 0 Å². The van der Waals surface area contributed by atoms with Gasteiger partial charge in [0.2, 0.25) is 0 Å². The molecule has 2 rings (SSSR count). The van der Waals surface area contributed by atoms with Gasteiger partial charge in [-0.15, -0.1) is 24.8 Å². The zero-order chi connectivity index (χ0) is 10.7. The van der Waals surface area contributed by atoms with Gasteiger partial charge in [-0.3, -0.25) is 0 Å². The maximum atomic E-state index is 6.09. The van der Waals surface area contributed by atoms with Crippen molar-refractivity contribution >= 4 is 24.8 Å². The fraction of sp³-hybridized carbons (Fsp3) is 0.500. The van der Waals surface area contributed by atoms with Crippen LogP contribution in [0.15, 0.2) is 24.3 Å². The van der Waals surface area contributed by atoms with Crippen molar-refractivity contribution in [1.29, 1.82) is 0 Å². The van der Waals surface area contributed by atoms with Crippen LogP contribution in [0.1, 0.15) is 17.9 Å². The third-order valence-corrected chi connectivity index (χ3v) is 3.07. The molecule has 1 aliphatic heterocycles. The van der Waals surface area contributed by atoms with Crippen LogP contribution in [0.2, 0.25) is 0 Å². The number of ether oxygens (including phenoxy) is 1. The summed E-state index contributed by atoms with van der Waals surface area (Å²) >= 11 is 0. The van der Waals surface area contributed by atoms with E-state index in [0.717, 1.165) is 25.3 Å². The summed E-state index contributed by atoms with van der Waals surface area (Å²) in [6.45, 7) is 1.97. The average molecular weight is 279 g/mol. The Balaban J connectivity index is 0.00000128. The first-order chi connectivity index (χ1) is 7.31. The zero-order valence-electron chi connectivity index (χ0n) is 9.89. The van der Waals surface area contributed by atoms with Crippen molar-refractivity contribution in [3.63, 3.8) is 0 Å². The van der Waals surface area contributed by atoms with Crippen molar-refractivity contribution in [2.45, 2.75) is 18.4 Å². The van der Waals surface area contributed by atoms with Crippen LogP contribution in [0.4, 0.5) is 0 Å². The Labute approximate surface area is 115 Å². The summed E-state index contributed by atoms with van der Waals surface area (Å²) < 4.78 is 5.14. The van der Waals surface area contributed by atoms with Crippen molar-refractivity contribution in [2.75, 3.05) is 20.2 Å². The van der Waals surface area contributed by atoms with Gasteiger partial charge < -0.3 is 15.8 Å². The van der Waals surface area contributed by atoms with Crippen LogP contribution < -0.4 is 15.8 Å². The van der Waals surface area contributed by atoms with Crippen molar-refractivity contribution in [3.05, 3.63) is 29.8 Å². The molecule has 0 saturated carbocycles. The first kappa shape index (κ1) is 16.5. The van der Waals surface area contributed by atoms with E-state index in [1.807, 2.05) is 12.1 Å². The first-order valence-corrected chi connectivity index (χ1v) is 5.41. The van der Waals surface area contributed by atoms with Gasteiger partial charge in [-0.25, -0.2) is 0 Å². The van der Waals surface area contributed by atoms with E-state index < -0.39 is 0 Å². The monoisotopic (exact) mass is 278 g/mol. The summed E-state index contributed by atoms with van der Waals surface area (Å²) in [5.41, 5.74) is 7.41. The highest BCUT2D eigenvalue weighted by molar-refractivity contribution is 5.85. The zero-order valence-corrected chi connectivity index (χ0v) is 11.5. The number of halogens is 2. The van der Waals surface area contributed by atoms with Crippen LogP contribution in [0.5, 0.6) is 5.75 Å². The van der Waals surface area contributed by atoms with E-state index in [4.69, 9.17) is 10.5 Å². The lowest BCUT2D eigenvalue weighted by Crippen LogP contribution is -2.44. The minimum absolute atomic E-state index is 0. The van der Waals surface area contributed by atoms with Gasteiger partial charge in [0, 0.05) is 18.5 Å². The normalized spacial score (nSPS) is 23.2. The summed E-state index contributed by atoms with van der Waals surface area (Å²) in [5, 5.41) is 3.31. The first-order valence-electron chi connectivity index (χ1n) is 5.41. The molecule has 98 valence electrons. The fourth-order valence-electron chi connectivity index (χ4n) is 2.15. The molecule has 0 bridgehead atoms. The maximum absolute atomic E-state index is 6.09. The molecule has 0 radical (unpaired) electrons. The van der Waals surface area contributed by atoms with Crippen molar-refractivity contribution in [3.8, 4) is 5.75 Å². The summed E-state index contributed by atoms with van der Waals surface area (Å²) in [5.74, 6) is 1.39. The predicted octanol–water partition coefficient (Wildman–Crippen LogP) is 1.94. The molecule has 3 nitrogen and oxygen atoms in total. The molecule has 1 aliphatic rings. The molecule has 1 heterocycles. The summed E-state index contributed by atoms with van der Waals surface area (Å²) in [7, 11) is 1.69. The van der Waals surface area contributed by atoms with E-state index >= 15 is 0 Å². The third-order valence-electron chi connectivity index (χ3n) is 3.07. The third kappa shape index (κ3) is 4.03. The smallest absolute Gasteiger partial charge is 0.118 e. The van der Waals surface area contributed by atoms with Crippen LogP contribution in [-0.2, 0) is 0 Å². The highest BCUT2D eigenvalue weighted by Gasteiger charge is 2.22. The molecule has 3 N–H and O–H groups in total. The van der Waals surface area contributed by atoms with E-state index in [1.165, 1.54) is 5.56 Å². The second-order valence-corrected chi connectivity index (χ2v) is 4.04.